The second-order valence-corrected chi connectivity index (χ2v) is 9.73. The minimum absolute atomic E-state index is 0.0354. The van der Waals surface area contributed by atoms with Crippen LogP contribution in [0.2, 0.25) is 0 Å². The maximum atomic E-state index is 13.5. The van der Waals surface area contributed by atoms with E-state index in [0.29, 0.717) is 32.1 Å². The van der Waals surface area contributed by atoms with Crippen molar-refractivity contribution >= 4 is 17.5 Å². The molecule has 0 aromatic heterocycles. The van der Waals surface area contributed by atoms with Gasteiger partial charge in [0.15, 0.2) is 0 Å². The molecule has 2 aliphatic heterocycles. The zero-order chi connectivity index (χ0) is 25.3. The summed E-state index contributed by atoms with van der Waals surface area (Å²) in [7, 11) is 1.64. The lowest BCUT2D eigenvalue weighted by molar-refractivity contribution is -0.131. The summed E-state index contributed by atoms with van der Waals surface area (Å²) in [4.78, 5) is 32.6. The number of rotatable bonds is 4. The summed E-state index contributed by atoms with van der Waals surface area (Å²) in [5.74, 6) is 0.913. The molecule has 0 aliphatic carbocycles. The van der Waals surface area contributed by atoms with Gasteiger partial charge in [0.1, 0.15) is 5.75 Å². The van der Waals surface area contributed by atoms with Gasteiger partial charge in [0.05, 0.1) is 13.5 Å². The summed E-state index contributed by atoms with van der Waals surface area (Å²) in [6.45, 7) is 6.98. The Balaban J connectivity index is 1.57. The number of hydrogen-bond donors (Lipinski definition) is 0. The Hall–Kier alpha value is -2.90. The van der Waals surface area contributed by atoms with E-state index in [1.165, 1.54) is 0 Å². The van der Waals surface area contributed by atoms with E-state index in [9.17, 15) is 9.59 Å². The third-order valence-corrected chi connectivity index (χ3v) is 7.30. The first-order valence-corrected chi connectivity index (χ1v) is 13.1. The predicted octanol–water partition coefficient (Wildman–Crippen LogP) is 3.89. The minimum atomic E-state index is 0.0354. The second kappa shape index (κ2) is 12.9. The Kier molecular flexibility index (Phi) is 9.36. The lowest BCUT2D eigenvalue weighted by Gasteiger charge is -2.36. The summed E-state index contributed by atoms with van der Waals surface area (Å²) < 4.78 is 10.9. The molecular weight excluding hydrogens is 454 g/mol. The molecule has 1 saturated heterocycles. The topological polar surface area (TPSA) is 62.3 Å². The highest BCUT2D eigenvalue weighted by molar-refractivity contribution is 5.92. The number of ether oxygens (including phenoxy) is 2. The van der Waals surface area contributed by atoms with Crippen LogP contribution in [-0.2, 0) is 27.3 Å². The molecule has 2 heterocycles. The lowest BCUT2D eigenvalue weighted by atomic mass is 10.1. The molecule has 7 nitrogen and oxygen atoms in total. The van der Waals surface area contributed by atoms with E-state index in [-0.39, 0.29) is 11.8 Å². The summed E-state index contributed by atoms with van der Waals surface area (Å²) in [5.41, 5.74) is 2.89. The Bertz CT molecular complexity index is 1000. The fourth-order valence-corrected chi connectivity index (χ4v) is 5.31. The third kappa shape index (κ3) is 6.86. The van der Waals surface area contributed by atoms with Crippen LogP contribution in [0.25, 0.3) is 0 Å². The first kappa shape index (κ1) is 26.2. The first-order valence-electron chi connectivity index (χ1n) is 13.1. The van der Waals surface area contributed by atoms with Crippen molar-refractivity contribution in [3.05, 3.63) is 59.7 Å². The van der Waals surface area contributed by atoms with Crippen molar-refractivity contribution < 1.29 is 19.1 Å². The molecule has 0 bridgehead atoms. The van der Waals surface area contributed by atoms with Gasteiger partial charge in [0.25, 0.3) is 0 Å². The average Bonchev–Trinajstić information content (AvgIpc) is 2.89. The van der Waals surface area contributed by atoms with Crippen molar-refractivity contribution in [2.75, 3.05) is 51.4 Å². The maximum Gasteiger partial charge on any atom is 0.227 e. The number of carbonyl (C=O) groups excluding carboxylic acids is 2. The number of benzene rings is 2. The van der Waals surface area contributed by atoms with Gasteiger partial charge in [0, 0.05) is 64.6 Å². The molecule has 2 amide bonds. The van der Waals surface area contributed by atoms with Crippen LogP contribution in [0.5, 0.6) is 5.75 Å². The monoisotopic (exact) mass is 493 g/mol. The van der Waals surface area contributed by atoms with Gasteiger partial charge in [0.2, 0.25) is 11.8 Å². The molecule has 0 atom stereocenters. The first-order chi connectivity index (χ1) is 17.5. The zero-order valence-electron chi connectivity index (χ0n) is 21.7. The van der Waals surface area contributed by atoms with Crippen molar-refractivity contribution in [3.8, 4) is 5.75 Å². The van der Waals surface area contributed by atoms with E-state index in [1.54, 1.807) is 14.0 Å². The Morgan fingerprint density at radius 2 is 1.64 bits per heavy atom. The summed E-state index contributed by atoms with van der Waals surface area (Å²) >= 11 is 0. The van der Waals surface area contributed by atoms with Crippen LogP contribution in [0.4, 0.5) is 5.69 Å². The van der Waals surface area contributed by atoms with Gasteiger partial charge in [-0.3, -0.25) is 9.59 Å². The van der Waals surface area contributed by atoms with E-state index in [4.69, 9.17) is 9.47 Å². The van der Waals surface area contributed by atoms with E-state index < -0.39 is 0 Å². The number of hydrogen-bond acceptors (Lipinski definition) is 5. The molecule has 0 radical (unpaired) electrons. The van der Waals surface area contributed by atoms with Crippen molar-refractivity contribution in [3.63, 3.8) is 0 Å². The number of para-hydroxylation sites is 1. The van der Waals surface area contributed by atoms with Crippen LogP contribution >= 0.6 is 0 Å². The molecule has 4 rings (SSSR count). The van der Waals surface area contributed by atoms with Crippen molar-refractivity contribution in [1.82, 2.24) is 9.80 Å². The molecule has 194 valence electrons. The largest absolute Gasteiger partial charge is 0.497 e. The molecule has 2 aromatic rings. The number of nitrogens with zero attached hydrogens (tertiary/aromatic N) is 3. The van der Waals surface area contributed by atoms with Gasteiger partial charge >= 0.3 is 0 Å². The van der Waals surface area contributed by atoms with Gasteiger partial charge in [-0.15, -0.1) is 0 Å². The van der Waals surface area contributed by atoms with Crippen molar-refractivity contribution in [1.29, 1.82) is 0 Å². The van der Waals surface area contributed by atoms with E-state index in [2.05, 4.69) is 4.90 Å². The van der Waals surface area contributed by atoms with E-state index in [0.717, 1.165) is 74.6 Å². The Labute approximate surface area is 215 Å². The SMILES string of the molecule is COc1ccc(CC(=O)N2CCCN(C3CCOCC3)CCCN(C(C)=O)c3ccccc3C2)cc1. The standard InChI is InChI=1S/C29H39N3O4/c1-23(33)32-18-6-16-30(26-13-19-36-20-14-26)15-5-17-31(22-25-7-3-4-8-28(25)32)29(34)21-24-9-11-27(35-2)12-10-24/h3-4,7-12,26H,5-6,13-22H2,1-2H3. The minimum Gasteiger partial charge on any atom is -0.497 e. The number of anilines is 1. The van der Waals surface area contributed by atoms with E-state index >= 15 is 0 Å². The van der Waals surface area contributed by atoms with Crippen molar-refractivity contribution in [2.45, 2.75) is 51.6 Å². The highest BCUT2D eigenvalue weighted by Gasteiger charge is 2.25. The second-order valence-electron chi connectivity index (χ2n) is 9.73. The summed E-state index contributed by atoms with van der Waals surface area (Å²) in [6, 6.07) is 16.2. The molecule has 2 aliphatic rings. The molecule has 2 aromatic carbocycles. The smallest absolute Gasteiger partial charge is 0.227 e. The normalized spacial score (nSPS) is 18.6. The molecule has 0 saturated carbocycles. The Morgan fingerprint density at radius 3 is 2.33 bits per heavy atom. The zero-order valence-corrected chi connectivity index (χ0v) is 21.7. The van der Waals surface area contributed by atoms with Crippen LogP contribution in [0.3, 0.4) is 0 Å². The summed E-state index contributed by atoms with van der Waals surface area (Å²) in [6.07, 6.45) is 4.26. The van der Waals surface area contributed by atoms with Gasteiger partial charge in [-0.05, 0) is 55.0 Å². The van der Waals surface area contributed by atoms with Crippen LogP contribution in [0.1, 0.15) is 43.7 Å². The quantitative estimate of drug-likeness (QED) is 0.647. The number of amides is 2. The highest BCUT2D eigenvalue weighted by Crippen LogP contribution is 2.25. The van der Waals surface area contributed by atoms with Gasteiger partial charge in [-0.2, -0.15) is 0 Å². The number of fused-ring (bicyclic) bond motifs is 1. The highest BCUT2D eigenvalue weighted by atomic mass is 16.5. The molecule has 1 fully saturated rings. The molecule has 0 unspecified atom stereocenters. The van der Waals surface area contributed by atoms with Crippen molar-refractivity contribution in [2.24, 2.45) is 0 Å². The van der Waals surface area contributed by atoms with Gasteiger partial charge in [-0.1, -0.05) is 30.3 Å². The molecule has 36 heavy (non-hydrogen) atoms. The molecule has 0 N–H and O–H groups in total. The average molecular weight is 494 g/mol. The third-order valence-electron chi connectivity index (χ3n) is 7.30. The van der Waals surface area contributed by atoms with Crippen LogP contribution in [0.15, 0.2) is 48.5 Å². The lowest BCUT2D eigenvalue weighted by Crippen LogP contribution is -2.44. The Morgan fingerprint density at radius 1 is 0.944 bits per heavy atom. The van der Waals surface area contributed by atoms with Gasteiger partial charge in [-0.25, -0.2) is 0 Å². The molecule has 0 spiro atoms. The van der Waals surface area contributed by atoms with Crippen LogP contribution in [-0.4, -0.2) is 74.2 Å². The van der Waals surface area contributed by atoms with Crippen LogP contribution in [0, 0.1) is 0 Å². The number of methoxy groups -OCH3 is 1. The van der Waals surface area contributed by atoms with E-state index in [1.807, 2.05) is 58.3 Å². The number of carbonyl (C=O) groups is 2. The fraction of sp³-hybridized carbons (Fsp3) is 0.517. The molecular formula is C29H39N3O4. The molecule has 7 heteroatoms. The van der Waals surface area contributed by atoms with Crippen LogP contribution < -0.4 is 9.64 Å². The summed E-state index contributed by atoms with van der Waals surface area (Å²) in [5, 5.41) is 0. The van der Waals surface area contributed by atoms with Gasteiger partial charge < -0.3 is 24.2 Å². The maximum absolute atomic E-state index is 13.5. The predicted molar refractivity (Wildman–Crippen MR) is 141 cm³/mol. The fourth-order valence-electron chi connectivity index (χ4n) is 5.31.